The van der Waals surface area contributed by atoms with Gasteiger partial charge in [0.25, 0.3) is 0 Å². The number of methoxy groups -OCH3 is 1. The average Bonchev–Trinajstić information content (AvgIpc) is 2.25. The average molecular weight is 196 g/mol. The van der Waals surface area contributed by atoms with Crippen LogP contribution >= 0.6 is 0 Å². The Hall–Kier alpha value is -0.980. The number of rotatable bonds is 4. The normalized spacial score (nSPS) is 22.9. The van der Waals surface area contributed by atoms with E-state index in [1.807, 2.05) is 0 Å². The van der Waals surface area contributed by atoms with Gasteiger partial charge >= 0.3 is 0 Å². The van der Waals surface area contributed by atoms with Crippen molar-refractivity contribution in [2.45, 2.75) is 25.6 Å². The molecule has 3 heteroatoms. The third kappa shape index (κ3) is 3.82. The Labute approximate surface area is 85.0 Å². The fraction of sp³-hybridized carbons (Fsp3) is 0.636. The van der Waals surface area contributed by atoms with Crippen LogP contribution in [0.5, 0.6) is 0 Å². The zero-order chi connectivity index (χ0) is 10.2. The van der Waals surface area contributed by atoms with Crippen LogP contribution in [-0.4, -0.2) is 26.6 Å². The fourth-order valence-electron chi connectivity index (χ4n) is 1.27. The van der Waals surface area contributed by atoms with Gasteiger partial charge in [-0.05, 0) is 19.3 Å². The molecule has 0 radical (unpaired) electrons. The SMILES string of the molecule is C#C/C=C(/COC1CCCCO1)OC. The van der Waals surface area contributed by atoms with Crippen molar-refractivity contribution >= 4 is 0 Å². The highest BCUT2D eigenvalue weighted by Crippen LogP contribution is 2.14. The van der Waals surface area contributed by atoms with E-state index in [9.17, 15) is 0 Å². The van der Waals surface area contributed by atoms with Crippen molar-refractivity contribution in [3.63, 3.8) is 0 Å². The summed E-state index contributed by atoms with van der Waals surface area (Å²) in [6.07, 6.45) is 9.81. The molecule has 1 saturated heterocycles. The molecule has 1 rings (SSSR count). The summed E-state index contributed by atoms with van der Waals surface area (Å²) in [4.78, 5) is 0. The quantitative estimate of drug-likeness (QED) is 0.506. The number of ether oxygens (including phenoxy) is 3. The van der Waals surface area contributed by atoms with E-state index in [1.165, 1.54) is 0 Å². The van der Waals surface area contributed by atoms with E-state index >= 15 is 0 Å². The summed E-state index contributed by atoms with van der Waals surface area (Å²) >= 11 is 0. The lowest BCUT2D eigenvalue weighted by molar-refractivity contribution is -0.161. The van der Waals surface area contributed by atoms with Crippen LogP contribution < -0.4 is 0 Å². The first kappa shape index (κ1) is 11.1. The molecule has 78 valence electrons. The molecule has 1 unspecified atom stereocenters. The Morgan fingerprint density at radius 2 is 2.50 bits per heavy atom. The molecule has 0 saturated carbocycles. The van der Waals surface area contributed by atoms with Crippen molar-refractivity contribution in [3.8, 4) is 12.3 Å². The van der Waals surface area contributed by atoms with Crippen LogP contribution in [0.15, 0.2) is 11.8 Å². The molecule has 1 aliphatic rings. The van der Waals surface area contributed by atoms with Gasteiger partial charge in [0.1, 0.15) is 12.4 Å². The van der Waals surface area contributed by atoms with Gasteiger partial charge in [0, 0.05) is 12.7 Å². The monoisotopic (exact) mass is 196 g/mol. The predicted molar refractivity (Wildman–Crippen MR) is 53.5 cm³/mol. The van der Waals surface area contributed by atoms with Crippen molar-refractivity contribution in [3.05, 3.63) is 11.8 Å². The molecule has 1 heterocycles. The number of hydrogen-bond donors (Lipinski definition) is 0. The lowest BCUT2D eigenvalue weighted by atomic mass is 10.2. The van der Waals surface area contributed by atoms with Crippen molar-refractivity contribution in [2.24, 2.45) is 0 Å². The van der Waals surface area contributed by atoms with Gasteiger partial charge in [-0.1, -0.05) is 5.92 Å². The summed E-state index contributed by atoms with van der Waals surface area (Å²) in [7, 11) is 1.58. The second-order valence-corrected chi connectivity index (χ2v) is 3.09. The second kappa shape index (κ2) is 6.47. The molecule has 0 aliphatic carbocycles. The van der Waals surface area contributed by atoms with E-state index in [2.05, 4.69) is 5.92 Å². The van der Waals surface area contributed by atoms with Crippen molar-refractivity contribution in [2.75, 3.05) is 20.3 Å². The number of terminal acetylenes is 1. The van der Waals surface area contributed by atoms with E-state index in [0.717, 1.165) is 25.9 Å². The van der Waals surface area contributed by atoms with E-state index in [0.29, 0.717) is 12.4 Å². The van der Waals surface area contributed by atoms with Gasteiger partial charge in [0.15, 0.2) is 6.29 Å². The molecule has 1 atom stereocenters. The van der Waals surface area contributed by atoms with Gasteiger partial charge in [-0.3, -0.25) is 0 Å². The first-order chi connectivity index (χ1) is 6.86. The van der Waals surface area contributed by atoms with Crippen molar-refractivity contribution in [1.82, 2.24) is 0 Å². The second-order valence-electron chi connectivity index (χ2n) is 3.09. The number of allylic oxidation sites excluding steroid dienone is 1. The maximum atomic E-state index is 5.48. The van der Waals surface area contributed by atoms with E-state index in [1.54, 1.807) is 13.2 Å². The zero-order valence-electron chi connectivity index (χ0n) is 8.49. The molecule has 0 spiro atoms. The summed E-state index contributed by atoms with van der Waals surface area (Å²) < 4.78 is 15.9. The standard InChI is InChI=1S/C11H16O3/c1-3-6-10(12-2)9-14-11-7-4-5-8-13-11/h1,6,11H,4-5,7-9H2,2H3/b10-6-. The van der Waals surface area contributed by atoms with E-state index in [4.69, 9.17) is 20.6 Å². The van der Waals surface area contributed by atoms with Crippen molar-refractivity contribution in [1.29, 1.82) is 0 Å². The molecule has 0 aromatic rings. The molecule has 3 nitrogen and oxygen atoms in total. The molecular weight excluding hydrogens is 180 g/mol. The third-order valence-corrected chi connectivity index (χ3v) is 2.06. The number of hydrogen-bond acceptors (Lipinski definition) is 3. The minimum absolute atomic E-state index is 0.0972. The van der Waals surface area contributed by atoms with Crippen LogP contribution in [0.25, 0.3) is 0 Å². The highest BCUT2D eigenvalue weighted by Gasteiger charge is 2.14. The van der Waals surface area contributed by atoms with Crippen LogP contribution in [-0.2, 0) is 14.2 Å². The Morgan fingerprint density at radius 3 is 3.07 bits per heavy atom. The van der Waals surface area contributed by atoms with Gasteiger partial charge in [-0.15, -0.1) is 6.42 Å². The van der Waals surface area contributed by atoms with Crippen LogP contribution in [0.1, 0.15) is 19.3 Å². The lowest BCUT2D eigenvalue weighted by Gasteiger charge is -2.22. The Balaban J connectivity index is 2.24. The molecule has 1 aliphatic heterocycles. The molecule has 0 aromatic carbocycles. The Bertz CT molecular complexity index is 221. The van der Waals surface area contributed by atoms with Crippen LogP contribution in [0.4, 0.5) is 0 Å². The summed E-state index contributed by atoms with van der Waals surface area (Å²) in [5.41, 5.74) is 0. The highest BCUT2D eigenvalue weighted by molar-refractivity contribution is 5.13. The van der Waals surface area contributed by atoms with Gasteiger partial charge in [-0.25, -0.2) is 0 Å². The largest absolute Gasteiger partial charge is 0.498 e. The molecule has 0 N–H and O–H groups in total. The van der Waals surface area contributed by atoms with Gasteiger partial charge in [-0.2, -0.15) is 0 Å². The smallest absolute Gasteiger partial charge is 0.158 e. The summed E-state index contributed by atoms with van der Waals surface area (Å²) in [5.74, 6) is 3.05. The van der Waals surface area contributed by atoms with Crippen molar-refractivity contribution < 1.29 is 14.2 Å². The Morgan fingerprint density at radius 1 is 1.64 bits per heavy atom. The molecule has 0 amide bonds. The van der Waals surface area contributed by atoms with Gasteiger partial charge < -0.3 is 14.2 Å². The maximum Gasteiger partial charge on any atom is 0.158 e. The first-order valence-corrected chi connectivity index (χ1v) is 4.79. The molecule has 1 fully saturated rings. The summed E-state index contributed by atoms with van der Waals surface area (Å²) in [5, 5.41) is 0. The van der Waals surface area contributed by atoms with Gasteiger partial charge in [0.05, 0.1) is 7.11 Å². The minimum atomic E-state index is -0.0972. The topological polar surface area (TPSA) is 27.7 Å². The summed E-state index contributed by atoms with van der Waals surface area (Å²) in [6, 6.07) is 0. The van der Waals surface area contributed by atoms with Gasteiger partial charge in [0.2, 0.25) is 0 Å². The first-order valence-electron chi connectivity index (χ1n) is 4.79. The highest BCUT2D eigenvalue weighted by atomic mass is 16.7. The zero-order valence-corrected chi connectivity index (χ0v) is 8.49. The molecular formula is C11H16O3. The molecule has 14 heavy (non-hydrogen) atoms. The fourth-order valence-corrected chi connectivity index (χ4v) is 1.27. The third-order valence-electron chi connectivity index (χ3n) is 2.06. The van der Waals surface area contributed by atoms with Crippen LogP contribution in [0.3, 0.4) is 0 Å². The minimum Gasteiger partial charge on any atom is -0.498 e. The predicted octanol–water partition coefficient (Wildman–Crippen LogP) is 1.69. The maximum absolute atomic E-state index is 5.48. The summed E-state index contributed by atoms with van der Waals surface area (Å²) in [6.45, 7) is 1.16. The van der Waals surface area contributed by atoms with Crippen LogP contribution in [0, 0.1) is 12.3 Å². The van der Waals surface area contributed by atoms with Crippen LogP contribution in [0.2, 0.25) is 0 Å². The van der Waals surface area contributed by atoms with E-state index in [-0.39, 0.29) is 6.29 Å². The molecule has 0 bridgehead atoms. The molecule has 0 aromatic heterocycles. The lowest BCUT2D eigenvalue weighted by Crippen LogP contribution is -2.23. The Kier molecular flexibility index (Phi) is 5.13. The van der Waals surface area contributed by atoms with E-state index < -0.39 is 0 Å².